The summed E-state index contributed by atoms with van der Waals surface area (Å²) in [6.45, 7) is 2.63. The summed E-state index contributed by atoms with van der Waals surface area (Å²) in [6, 6.07) is 10.6. The standard InChI is InChI=1S/C19H25N7/c1-13-5-7-15(8-6-13)26-18(21)16(12-20)17(24-26)4-3-11-23-19(22)25(2)14-9-10-14/h5-8,14H,3-4,9-11,21H2,1-2H3,(H2,22,23). The Hall–Kier alpha value is -3.01. The average Bonchev–Trinajstić information content (AvgIpc) is 3.43. The minimum absolute atomic E-state index is 0.378. The lowest BCUT2D eigenvalue weighted by molar-refractivity contribution is 0.487. The van der Waals surface area contributed by atoms with E-state index in [0.717, 1.165) is 17.7 Å². The monoisotopic (exact) mass is 351 g/mol. The number of aliphatic imine (C=N–C) groups is 1. The topological polar surface area (TPSA) is 109 Å². The molecular weight excluding hydrogens is 326 g/mol. The Morgan fingerprint density at radius 2 is 2.08 bits per heavy atom. The van der Waals surface area contributed by atoms with Gasteiger partial charge in [0.2, 0.25) is 0 Å². The van der Waals surface area contributed by atoms with E-state index in [-0.39, 0.29) is 0 Å². The maximum atomic E-state index is 9.45. The molecule has 0 spiro atoms. The van der Waals surface area contributed by atoms with Crippen molar-refractivity contribution in [2.24, 2.45) is 10.7 Å². The number of aryl methyl sites for hydroxylation is 2. The van der Waals surface area contributed by atoms with Gasteiger partial charge < -0.3 is 16.4 Å². The van der Waals surface area contributed by atoms with E-state index in [1.54, 1.807) is 4.68 Å². The van der Waals surface area contributed by atoms with Crippen molar-refractivity contribution in [3.05, 3.63) is 41.1 Å². The van der Waals surface area contributed by atoms with E-state index in [2.05, 4.69) is 16.2 Å². The zero-order chi connectivity index (χ0) is 18.7. The number of benzene rings is 1. The normalized spacial score (nSPS) is 14.3. The minimum atomic E-state index is 0.378. The smallest absolute Gasteiger partial charge is 0.191 e. The van der Waals surface area contributed by atoms with E-state index < -0.39 is 0 Å². The van der Waals surface area contributed by atoms with E-state index in [9.17, 15) is 5.26 Å². The number of rotatable bonds is 6. The van der Waals surface area contributed by atoms with Gasteiger partial charge in [-0.1, -0.05) is 17.7 Å². The van der Waals surface area contributed by atoms with Gasteiger partial charge in [-0.05, 0) is 44.7 Å². The maximum Gasteiger partial charge on any atom is 0.191 e. The number of hydrogen-bond donors (Lipinski definition) is 2. The zero-order valence-electron chi connectivity index (χ0n) is 15.3. The number of nitrogen functional groups attached to an aromatic ring is 1. The second-order valence-corrected chi connectivity index (χ2v) is 6.75. The van der Waals surface area contributed by atoms with E-state index in [1.165, 1.54) is 12.8 Å². The first-order chi connectivity index (χ1) is 12.5. The molecule has 0 unspecified atom stereocenters. The molecule has 136 valence electrons. The largest absolute Gasteiger partial charge is 0.382 e. The molecule has 0 radical (unpaired) electrons. The van der Waals surface area contributed by atoms with Gasteiger partial charge in [0.1, 0.15) is 17.5 Å². The predicted molar refractivity (Wildman–Crippen MR) is 103 cm³/mol. The molecule has 0 atom stereocenters. The molecule has 1 aromatic heterocycles. The first kappa shape index (κ1) is 17.8. The zero-order valence-corrected chi connectivity index (χ0v) is 15.3. The van der Waals surface area contributed by atoms with Crippen LogP contribution in [-0.4, -0.2) is 40.3 Å². The molecular formula is C19H25N7. The summed E-state index contributed by atoms with van der Waals surface area (Å²) in [4.78, 5) is 6.46. The van der Waals surface area contributed by atoms with Crippen molar-refractivity contribution in [2.75, 3.05) is 19.3 Å². The van der Waals surface area contributed by atoms with Crippen molar-refractivity contribution in [2.45, 2.75) is 38.6 Å². The molecule has 2 aromatic rings. The van der Waals surface area contributed by atoms with Crippen LogP contribution in [0, 0.1) is 18.3 Å². The fraction of sp³-hybridized carbons (Fsp3) is 0.421. The predicted octanol–water partition coefficient (Wildman–Crippen LogP) is 1.98. The van der Waals surface area contributed by atoms with Crippen LogP contribution in [0.25, 0.3) is 5.69 Å². The number of aromatic nitrogens is 2. The fourth-order valence-corrected chi connectivity index (χ4v) is 2.86. The fourth-order valence-electron chi connectivity index (χ4n) is 2.86. The van der Waals surface area contributed by atoms with Gasteiger partial charge in [-0.3, -0.25) is 4.99 Å². The van der Waals surface area contributed by atoms with Crippen molar-refractivity contribution in [1.29, 1.82) is 5.26 Å². The Kier molecular flexibility index (Phi) is 5.12. The van der Waals surface area contributed by atoms with Crippen LogP contribution in [0.1, 0.15) is 36.1 Å². The van der Waals surface area contributed by atoms with E-state index in [4.69, 9.17) is 11.5 Å². The highest BCUT2D eigenvalue weighted by molar-refractivity contribution is 5.78. The van der Waals surface area contributed by atoms with E-state index in [0.29, 0.717) is 42.0 Å². The van der Waals surface area contributed by atoms with Gasteiger partial charge in [-0.25, -0.2) is 4.68 Å². The minimum Gasteiger partial charge on any atom is -0.382 e. The molecule has 3 rings (SSSR count). The Morgan fingerprint density at radius 3 is 2.69 bits per heavy atom. The van der Waals surface area contributed by atoms with Crippen molar-refractivity contribution in [1.82, 2.24) is 14.7 Å². The third kappa shape index (κ3) is 3.80. The number of anilines is 1. The Labute approximate surface area is 153 Å². The Bertz CT molecular complexity index is 838. The third-order valence-corrected chi connectivity index (χ3v) is 4.69. The van der Waals surface area contributed by atoms with E-state index in [1.807, 2.05) is 43.1 Å². The van der Waals surface area contributed by atoms with Crippen molar-refractivity contribution < 1.29 is 0 Å². The van der Waals surface area contributed by atoms with Gasteiger partial charge >= 0.3 is 0 Å². The molecule has 0 bridgehead atoms. The summed E-state index contributed by atoms with van der Waals surface area (Å²) in [6.07, 6.45) is 3.77. The molecule has 1 heterocycles. The highest BCUT2D eigenvalue weighted by atomic mass is 15.3. The number of hydrogen-bond acceptors (Lipinski definition) is 4. The van der Waals surface area contributed by atoms with Gasteiger partial charge in [0.25, 0.3) is 0 Å². The van der Waals surface area contributed by atoms with Crippen LogP contribution >= 0.6 is 0 Å². The van der Waals surface area contributed by atoms with Crippen LogP contribution in [0.5, 0.6) is 0 Å². The van der Waals surface area contributed by atoms with Crippen LogP contribution in [0.2, 0.25) is 0 Å². The number of nitrogens with two attached hydrogens (primary N) is 2. The van der Waals surface area contributed by atoms with E-state index >= 15 is 0 Å². The summed E-state index contributed by atoms with van der Waals surface area (Å²) in [5.74, 6) is 0.959. The first-order valence-electron chi connectivity index (χ1n) is 8.88. The highest BCUT2D eigenvalue weighted by Gasteiger charge is 2.27. The summed E-state index contributed by atoms with van der Waals surface area (Å²) >= 11 is 0. The molecule has 26 heavy (non-hydrogen) atoms. The lowest BCUT2D eigenvalue weighted by Crippen LogP contribution is -2.35. The lowest BCUT2D eigenvalue weighted by Gasteiger charge is -2.16. The highest BCUT2D eigenvalue weighted by Crippen LogP contribution is 2.25. The van der Waals surface area contributed by atoms with Gasteiger partial charge in [0.15, 0.2) is 5.96 Å². The number of nitriles is 1. The van der Waals surface area contributed by atoms with Crippen molar-refractivity contribution in [3.63, 3.8) is 0 Å². The number of nitrogens with zero attached hydrogens (tertiary/aromatic N) is 5. The second-order valence-electron chi connectivity index (χ2n) is 6.75. The summed E-state index contributed by atoms with van der Waals surface area (Å²) < 4.78 is 1.63. The van der Waals surface area contributed by atoms with Gasteiger partial charge in [0.05, 0.1) is 11.4 Å². The molecule has 1 saturated carbocycles. The van der Waals surface area contributed by atoms with Crippen molar-refractivity contribution in [3.8, 4) is 11.8 Å². The van der Waals surface area contributed by atoms with Gasteiger partial charge in [-0.15, -0.1) is 0 Å². The quantitative estimate of drug-likeness (QED) is 0.470. The third-order valence-electron chi connectivity index (χ3n) is 4.69. The maximum absolute atomic E-state index is 9.45. The lowest BCUT2D eigenvalue weighted by atomic mass is 10.1. The molecule has 0 saturated heterocycles. The Morgan fingerprint density at radius 1 is 1.38 bits per heavy atom. The molecule has 1 fully saturated rings. The second kappa shape index (κ2) is 7.48. The summed E-state index contributed by atoms with van der Waals surface area (Å²) in [5, 5.41) is 14.0. The Balaban J connectivity index is 1.68. The molecule has 4 N–H and O–H groups in total. The van der Waals surface area contributed by atoms with Crippen molar-refractivity contribution >= 4 is 11.8 Å². The van der Waals surface area contributed by atoms with Crippen LogP contribution in [0.3, 0.4) is 0 Å². The summed E-state index contributed by atoms with van der Waals surface area (Å²) in [5.41, 5.74) is 15.3. The van der Waals surface area contributed by atoms with Gasteiger partial charge in [0, 0.05) is 19.6 Å². The first-order valence-corrected chi connectivity index (χ1v) is 8.88. The van der Waals surface area contributed by atoms with Crippen LogP contribution < -0.4 is 11.5 Å². The molecule has 7 nitrogen and oxygen atoms in total. The summed E-state index contributed by atoms with van der Waals surface area (Å²) in [7, 11) is 1.98. The molecule has 7 heteroatoms. The molecule has 1 aliphatic rings. The van der Waals surface area contributed by atoms with Crippen LogP contribution in [-0.2, 0) is 6.42 Å². The average molecular weight is 351 g/mol. The molecule has 0 aliphatic heterocycles. The molecule has 0 amide bonds. The number of guanidine groups is 1. The molecule has 1 aromatic carbocycles. The SMILES string of the molecule is Cc1ccc(-n2nc(CCCN=C(N)N(C)C3CC3)c(C#N)c2N)cc1. The van der Waals surface area contributed by atoms with Crippen LogP contribution in [0.4, 0.5) is 5.82 Å². The van der Waals surface area contributed by atoms with Crippen LogP contribution in [0.15, 0.2) is 29.3 Å². The molecule has 1 aliphatic carbocycles. The van der Waals surface area contributed by atoms with Gasteiger partial charge in [-0.2, -0.15) is 10.4 Å².